The fourth-order valence-corrected chi connectivity index (χ4v) is 2.26. The normalized spacial score (nSPS) is 9.93. The number of carbonyl (C=O) groups is 2. The van der Waals surface area contributed by atoms with Gasteiger partial charge in [0.15, 0.2) is 5.78 Å². The Labute approximate surface area is 155 Å². The van der Waals surface area contributed by atoms with E-state index in [-0.39, 0.29) is 11.7 Å². The van der Waals surface area contributed by atoms with Crippen LogP contribution < -0.4 is 10.6 Å². The lowest BCUT2D eigenvalue weighted by Crippen LogP contribution is -2.13. The van der Waals surface area contributed by atoms with Crippen LogP contribution in [0.5, 0.6) is 0 Å². The summed E-state index contributed by atoms with van der Waals surface area (Å²) in [6.45, 7) is 1.51. The van der Waals surface area contributed by atoms with Crippen LogP contribution in [0.1, 0.15) is 33.2 Å². The average Bonchev–Trinajstić information content (AvgIpc) is 2.69. The molecule has 2 N–H and O–H groups in total. The first kappa shape index (κ1) is 17.8. The van der Waals surface area contributed by atoms with Crippen molar-refractivity contribution in [2.45, 2.75) is 6.92 Å². The summed E-state index contributed by atoms with van der Waals surface area (Å²) in [5.41, 5.74) is 2.75. The summed E-state index contributed by atoms with van der Waals surface area (Å²) in [5, 5.41) is 14.5. The van der Waals surface area contributed by atoms with Crippen LogP contribution in [0, 0.1) is 11.3 Å². The molecule has 0 unspecified atom stereocenters. The first-order valence-electron chi connectivity index (χ1n) is 8.07. The zero-order valence-corrected chi connectivity index (χ0v) is 14.4. The molecule has 0 fully saturated rings. The molecule has 3 aromatic rings. The van der Waals surface area contributed by atoms with Crippen molar-refractivity contribution < 1.29 is 9.59 Å². The molecule has 0 aliphatic heterocycles. The van der Waals surface area contributed by atoms with Gasteiger partial charge in [-0.1, -0.05) is 0 Å². The van der Waals surface area contributed by atoms with Crippen molar-refractivity contribution >= 4 is 29.0 Å². The SMILES string of the molecule is CC(=O)c1ccc(Nc2ncc(C(=O)Nc3ccc(C#N)cc3)cn2)cc1. The lowest BCUT2D eigenvalue weighted by Gasteiger charge is -2.07. The molecule has 0 saturated carbocycles. The molecule has 0 aliphatic rings. The largest absolute Gasteiger partial charge is 0.324 e. The number of nitrogens with zero attached hydrogens (tertiary/aromatic N) is 3. The Morgan fingerprint density at radius 3 is 2.04 bits per heavy atom. The van der Waals surface area contributed by atoms with Crippen molar-refractivity contribution in [3.05, 3.63) is 77.6 Å². The predicted molar refractivity (Wildman–Crippen MR) is 101 cm³/mol. The standard InChI is InChI=1S/C20H15N5O2/c1-13(26)15-4-8-18(9-5-15)25-20-22-11-16(12-23-20)19(27)24-17-6-2-14(10-21)3-7-17/h2-9,11-12H,1H3,(H,24,27)(H,22,23,25). The third kappa shape index (κ3) is 4.52. The number of aromatic nitrogens is 2. The van der Waals surface area contributed by atoms with Crippen LogP contribution in [0.2, 0.25) is 0 Å². The van der Waals surface area contributed by atoms with Gasteiger partial charge < -0.3 is 10.6 Å². The minimum Gasteiger partial charge on any atom is -0.324 e. The maximum absolute atomic E-state index is 12.2. The molecular formula is C20H15N5O2. The van der Waals surface area contributed by atoms with Gasteiger partial charge in [0.2, 0.25) is 5.95 Å². The number of anilines is 3. The van der Waals surface area contributed by atoms with Gasteiger partial charge in [-0.2, -0.15) is 5.26 Å². The molecule has 7 heteroatoms. The van der Waals surface area contributed by atoms with Gasteiger partial charge in [0.1, 0.15) is 0 Å². The second-order valence-electron chi connectivity index (χ2n) is 5.70. The van der Waals surface area contributed by atoms with Crippen LogP contribution >= 0.6 is 0 Å². The lowest BCUT2D eigenvalue weighted by atomic mass is 10.1. The summed E-state index contributed by atoms with van der Waals surface area (Å²) in [6, 6.07) is 15.5. The van der Waals surface area contributed by atoms with Crippen molar-refractivity contribution in [3.8, 4) is 6.07 Å². The van der Waals surface area contributed by atoms with Crippen LogP contribution in [0.25, 0.3) is 0 Å². The second kappa shape index (κ2) is 7.89. The van der Waals surface area contributed by atoms with Crippen LogP contribution in [-0.4, -0.2) is 21.7 Å². The summed E-state index contributed by atoms with van der Waals surface area (Å²) in [7, 11) is 0. The Balaban J connectivity index is 1.64. The molecule has 1 amide bonds. The zero-order chi connectivity index (χ0) is 19.2. The van der Waals surface area contributed by atoms with Crippen molar-refractivity contribution in [1.29, 1.82) is 5.26 Å². The van der Waals surface area contributed by atoms with E-state index in [1.165, 1.54) is 19.3 Å². The van der Waals surface area contributed by atoms with Crippen LogP contribution in [0.3, 0.4) is 0 Å². The van der Waals surface area contributed by atoms with Gasteiger partial charge in [0, 0.05) is 29.3 Å². The van der Waals surface area contributed by atoms with E-state index in [0.29, 0.717) is 28.3 Å². The monoisotopic (exact) mass is 357 g/mol. The summed E-state index contributed by atoms with van der Waals surface area (Å²) in [4.78, 5) is 31.8. The summed E-state index contributed by atoms with van der Waals surface area (Å²) in [5.74, 6) is -0.0204. The number of rotatable bonds is 5. The summed E-state index contributed by atoms with van der Waals surface area (Å²) >= 11 is 0. The predicted octanol–water partition coefficient (Wildman–Crippen LogP) is 3.55. The number of hydrogen-bond acceptors (Lipinski definition) is 6. The molecule has 1 aromatic heterocycles. The van der Waals surface area contributed by atoms with Crippen molar-refractivity contribution in [1.82, 2.24) is 9.97 Å². The molecular weight excluding hydrogens is 342 g/mol. The Morgan fingerprint density at radius 2 is 1.48 bits per heavy atom. The van der Waals surface area contributed by atoms with Crippen molar-refractivity contribution in [2.75, 3.05) is 10.6 Å². The number of ketones is 1. The van der Waals surface area contributed by atoms with E-state index in [1.54, 1.807) is 48.5 Å². The number of carbonyl (C=O) groups excluding carboxylic acids is 2. The fourth-order valence-electron chi connectivity index (χ4n) is 2.26. The Morgan fingerprint density at radius 1 is 0.889 bits per heavy atom. The topological polar surface area (TPSA) is 108 Å². The summed E-state index contributed by atoms with van der Waals surface area (Å²) in [6.07, 6.45) is 2.83. The fraction of sp³-hybridized carbons (Fsp3) is 0.0500. The molecule has 0 bridgehead atoms. The van der Waals surface area contributed by atoms with E-state index in [0.717, 1.165) is 5.69 Å². The van der Waals surface area contributed by atoms with Gasteiger partial charge in [-0.15, -0.1) is 0 Å². The highest BCUT2D eigenvalue weighted by Gasteiger charge is 2.08. The van der Waals surface area contributed by atoms with Crippen molar-refractivity contribution in [3.63, 3.8) is 0 Å². The quantitative estimate of drug-likeness (QED) is 0.676. The molecule has 2 aromatic carbocycles. The number of Topliss-reactive ketones (excluding diaryl/α,β-unsaturated/α-hetero) is 1. The number of nitriles is 1. The number of benzene rings is 2. The van der Waals surface area contributed by atoms with E-state index in [2.05, 4.69) is 20.6 Å². The number of nitrogens with one attached hydrogen (secondary N) is 2. The van der Waals surface area contributed by atoms with Gasteiger partial charge >= 0.3 is 0 Å². The molecule has 0 radical (unpaired) electrons. The molecule has 1 heterocycles. The molecule has 0 aliphatic carbocycles. The van der Waals surface area contributed by atoms with Crippen LogP contribution in [0.15, 0.2) is 60.9 Å². The van der Waals surface area contributed by atoms with E-state index >= 15 is 0 Å². The van der Waals surface area contributed by atoms with Gasteiger partial charge in [-0.25, -0.2) is 9.97 Å². The van der Waals surface area contributed by atoms with E-state index < -0.39 is 0 Å². The average molecular weight is 357 g/mol. The molecule has 0 saturated heterocycles. The third-order valence-electron chi connectivity index (χ3n) is 3.73. The molecule has 0 atom stereocenters. The molecule has 132 valence electrons. The lowest BCUT2D eigenvalue weighted by molar-refractivity contribution is 0.101. The number of amides is 1. The first-order valence-corrected chi connectivity index (χ1v) is 8.07. The maximum Gasteiger partial charge on any atom is 0.258 e. The van der Waals surface area contributed by atoms with Gasteiger partial charge in [-0.05, 0) is 55.5 Å². The van der Waals surface area contributed by atoms with Crippen LogP contribution in [0.4, 0.5) is 17.3 Å². The highest BCUT2D eigenvalue weighted by atomic mass is 16.1. The molecule has 27 heavy (non-hydrogen) atoms. The van der Waals surface area contributed by atoms with Gasteiger partial charge in [0.05, 0.1) is 17.2 Å². The minimum absolute atomic E-state index is 0.00423. The summed E-state index contributed by atoms with van der Waals surface area (Å²) < 4.78 is 0. The van der Waals surface area contributed by atoms with Crippen LogP contribution in [-0.2, 0) is 0 Å². The van der Waals surface area contributed by atoms with E-state index in [4.69, 9.17) is 5.26 Å². The number of hydrogen-bond donors (Lipinski definition) is 2. The molecule has 3 rings (SSSR count). The first-order chi connectivity index (χ1) is 13.0. The highest BCUT2D eigenvalue weighted by Crippen LogP contribution is 2.15. The third-order valence-corrected chi connectivity index (χ3v) is 3.73. The van der Waals surface area contributed by atoms with E-state index in [1.807, 2.05) is 6.07 Å². The second-order valence-corrected chi connectivity index (χ2v) is 5.70. The van der Waals surface area contributed by atoms with Crippen molar-refractivity contribution in [2.24, 2.45) is 0 Å². The van der Waals surface area contributed by atoms with Gasteiger partial charge in [0.25, 0.3) is 5.91 Å². The highest BCUT2D eigenvalue weighted by molar-refractivity contribution is 6.03. The molecule has 7 nitrogen and oxygen atoms in total. The minimum atomic E-state index is -0.350. The van der Waals surface area contributed by atoms with Gasteiger partial charge in [-0.3, -0.25) is 9.59 Å². The smallest absolute Gasteiger partial charge is 0.258 e. The Bertz CT molecular complexity index is 1000. The molecule has 0 spiro atoms. The maximum atomic E-state index is 12.2. The Hall–Kier alpha value is -4.05. The zero-order valence-electron chi connectivity index (χ0n) is 14.4. The Kier molecular flexibility index (Phi) is 5.19. The van der Waals surface area contributed by atoms with E-state index in [9.17, 15) is 9.59 Å².